The Bertz CT molecular complexity index is 643. The summed E-state index contributed by atoms with van der Waals surface area (Å²) in [4.78, 5) is 15.9. The molecule has 0 bridgehead atoms. The number of nitriles is 1. The molecule has 0 saturated carbocycles. The first-order valence-electron chi connectivity index (χ1n) is 5.84. The van der Waals surface area contributed by atoms with Crippen LogP contribution in [0.2, 0.25) is 0 Å². The van der Waals surface area contributed by atoms with E-state index in [0.29, 0.717) is 5.01 Å². The van der Waals surface area contributed by atoms with Crippen LogP contribution in [0, 0.1) is 11.3 Å². The Kier molecular flexibility index (Phi) is 4.33. The van der Waals surface area contributed by atoms with E-state index in [-0.39, 0.29) is 5.69 Å². The van der Waals surface area contributed by atoms with Crippen LogP contribution in [0.25, 0.3) is 10.6 Å². The number of thiazole rings is 1. The minimum Gasteiger partial charge on any atom is -0.497 e. The molecule has 102 valence electrons. The van der Waals surface area contributed by atoms with Crippen molar-refractivity contribution in [3.8, 4) is 22.4 Å². The van der Waals surface area contributed by atoms with Crippen LogP contribution >= 0.6 is 11.3 Å². The minimum absolute atomic E-state index is 0.211. The molecule has 0 aliphatic carbocycles. The molecule has 1 aromatic carbocycles. The number of carbonyl (C=O) groups excluding carboxylic acids is 1. The van der Waals surface area contributed by atoms with Crippen LogP contribution in [0.4, 0.5) is 0 Å². The van der Waals surface area contributed by atoms with E-state index in [1.807, 2.05) is 30.3 Å². The van der Waals surface area contributed by atoms with Crippen molar-refractivity contribution in [2.75, 3.05) is 7.11 Å². The molecule has 0 saturated heterocycles. The van der Waals surface area contributed by atoms with Crippen LogP contribution in [0.1, 0.15) is 17.4 Å². The highest BCUT2D eigenvalue weighted by atomic mass is 32.1. The topological polar surface area (TPSA) is 72.2 Å². The minimum atomic E-state index is -0.784. The summed E-state index contributed by atoms with van der Waals surface area (Å²) in [5, 5.41) is 10.9. The first kappa shape index (κ1) is 14.0. The summed E-state index contributed by atoms with van der Waals surface area (Å²) in [6.45, 7) is 1.51. The van der Waals surface area contributed by atoms with Gasteiger partial charge in [0.15, 0.2) is 11.8 Å². The zero-order chi connectivity index (χ0) is 14.5. The van der Waals surface area contributed by atoms with Gasteiger partial charge in [0.25, 0.3) is 0 Å². The van der Waals surface area contributed by atoms with Gasteiger partial charge in [0.05, 0.1) is 7.11 Å². The quantitative estimate of drug-likeness (QED) is 0.809. The van der Waals surface area contributed by atoms with E-state index >= 15 is 0 Å². The zero-order valence-electron chi connectivity index (χ0n) is 11.0. The van der Waals surface area contributed by atoms with Gasteiger partial charge in [0.1, 0.15) is 16.8 Å². The number of methoxy groups -OCH3 is 1. The summed E-state index contributed by atoms with van der Waals surface area (Å²) >= 11 is 1.34. The van der Waals surface area contributed by atoms with Gasteiger partial charge in [0.2, 0.25) is 0 Å². The molecule has 5 nitrogen and oxygen atoms in total. The number of aromatic nitrogens is 1. The van der Waals surface area contributed by atoms with Crippen molar-refractivity contribution < 1.29 is 14.3 Å². The van der Waals surface area contributed by atoms with Crippen LogP contribution < -0.4 is 4.74 Å². The second-order valence-corrected chi connectivity index (χ2v) is 4.80. The largest absolute Gasteiger partial charge is 0.497 e. The molecule has 0 radical (unpaired) electrons. The average molecular weight is 288 g/mol. The van der Waals surface area contributed by atoms with Gasteiger partial charge in [-0.1, -0.05) is 0 Å². The fourth-order valence-electron chi connectivity index (χ4n) is 1.48. The molecule has 1 aromatic heterocycles. The molecule has 0 amide bonds. The average Bonchev–Trinajstić information content (AvgIpc) is 2.97. The number of hydrogen-bond acceptors (Lipinski definition) is 6. The lowest BCUT2D eigenvalue weighted by molar-refractivity contribution is 0.0429. The molecule has 2 rings (SSSR count). The highest BCUT2D eigenvalue weighted by Gasteiger charge is 2.15. The molecule has 0 aliphatic rings. The molecule has 2 aromatic rings. The Morgan fingerprint density at radius 2 is 2.10 bits per heavy atom. The number of rotatable bonds is 4. The third-order valence-electron chi connectivity index (χ3n) is 2.52. The second-order valence-electron chi connectivity index (χ2n) is 3.94. The van der Waals surface area contributed by atoms with Crippen molar-refractivity contribution >= 4 is 17.3 Å². The molecular formula is C14H12N2O3S. The third-order valence-corrected chi connectivity index (χ3v) is 3.41. The maximum Gasteiger partial charge on any atom is 0.359 e. The molecular weight excluding hydrogens is 276 g/mol. The summed E-state index contributed by atoms with van der Waals surface area (Å²) in [7, 11) is 1.60. The summed E-state index contributed by atoms with van der Waals surface area (Å²) in [6, 6.07) is 9.22. The van der Waals surface area contributed by atoms with E-state index in [1.54, 1.807) is 12.5 Å². The van der Waals surface area contributed by atoms with Crippen molar-refractivity contribution in [1.29, 1.82) is 5.26 Å². The van der Waals surface area contributed by atoms with E-state index < -0.39 is 12.1 Å². The maximum absolute atomic E-state index is 11.7. The lowest BCUT2D eigenvalue weighted by Crippen LogP contribution is -2.13. The van der Waals surface area contributed by atoms with Gasteiger partial charge in [-0.05, 0) is 31.2 Å². The zero-order valence-corrected chi connectivity index (χ0v) is 11.8. The molecule has 1 atom stereocenters. The number of benzene rings is 1. The Morgan fingerprint density at radius 3 is 2.70 bits per heavy atom. The first-order chi connectivity index (χ1) is 9.63. The lowest BCUT2D eigenvalue weighted by atomic mass is 10.2. The van der Waals surface area contributed by atoms with Crippen LogP contribution in [0.15, 0.2) is 29.6 Å². The van der Waals surface area contributed by atoms with E-state index in [2.05, 4.69) is 4.98 Å². The molecule has 0 spiro atoms. The van der Waals surface area contributed by atoms with Crippen LogP contribution in [0.3, 0.4) is 0 Å². The van der Waals surface area contributed by atoms with Gasteiger partial charge in [-0.15, -0.1) is 11.3 Å². The SMILES string of the molecule is COc1ccc(-c2nc(C(=O)O[C@H](C)C#N)cs2)cc1. The van der Waals surface area contributed by atoms with Crippen molar-refractivity contribution in [3.63, 3.8) is 0 Å². The smallest absolute Gasteiger partial charge is 0.359 e. The second kappa shape index (κ2) is 6.17. The Morgan fingerprint density at radius 1 is 1.40 bits per heavy atom. The number of ether oxygens (including phenoxy) is 2. The maximum atomic E-state index is 11.7. The molecule has 1 heterocycles. The molecule has 6 heteroatoms. The van der Waals surface area contributed by atoms with Crippen molar-refractivity contribution in [1.82, 2.24) is 4.98 Å². The van der Waals surface area contributed by atoms with E-state index in [9.17, 15) is 4.79 Å². The predicted octanol–water partition coefficient (Wildman–Crippen LogP) is 2.89. The summed E-state index contributed by atoms with van der Waals surface area (Å²) in [5.74, 6) is 0.169. The normalized spacial score (nSPS) is 11.4. The molecule has 0 unspecified atom stereocenters. The summed E-state index contributed by atoms with van der Waals surface area (Å²) in [5.41, 5.74) is 1.10. The molecule has 0 aliphatic heterocycles. The van der Waals surface area contributed by atoms with Crippen molar-refractivity contribution in [2.24, 2.45) is 0 Å². The highest BCUT2D eigenvalue weighted by molar-refractivity contribution is 7.13. The number of hydrogen-bond donors (Lipinski definition) is 0. The predicted molar refractivity (Wildman–Crippen MR) is 74.6 cm³/mol. The summed E-state index contributed by atoms with van der Waals surface area (Å²) in [6.07, 6.45) is -0.784. The van der Waals surface area contributed by atoms with Gasteiger partial charge in [-0.3, -0.25) is 0 Å². The van der Waals surface area contributed by atoms with E-state index in [1.165, 1.54) is 18.3 Å². The fourth-order valence-corrected chi connectivity index (χ4v) is 2.28. The molecule has 0 N–H and O–H groups in total. The van der Waals surface area contributed by atoms with Crippen LogP contribution in [0.5, 0.6) is 5.75 Å². The third kappa shape index (κ3) is 3.13. The van der Waals surface area contributed by atoms with Gasteiger partial charge in [-0.25, -0.2) is 9.78 Å². The van der Waals surface area contributed by atoms with Gasteiger partial charge >= 0.3 is 5.97 Å². The number of carbonyl (C=O) groups is 1. The van der Waals surface area contributed by atoms with Crippen molar-refractivity contribution in [2.45, 2.75) is 13.0 Å². The standard InChI is InChI=1S/C14H12N2O3S/c1-9(7-15)19-14(17)12-8-20-13(16-12)10-3-5-11(18-2)6-4-10/h3-6,8-9H,1-2H3/t9-/m1/s1. The van der Waals surface area contributed by atoms with E-state index in [0.717, 1.165) is 11.3 Å². The molecule has 20 heavy (non-hydrogen) atoms. The van der Waals surface area contributed by atoms with Crippen LogP contribution in [-0.2, 0) is 4.74 Å². The fraction of sp³-hybridized carbons (Fsp3) is 0.214. The first-order valence-corrected chi connectivity index (χ1v) is 6.72. The molecule has 0 fully saturated rings. The van der Waals surface area contributed by atoms with Crippen molar-refractivity contribution in [3.05, 3.63) is 35.3 Å². The summed E-state index contributed by atoms with van der Waals surface area (Å²) < 4.78 is 9.98. The number of esters is 1. The van der Waals surface area contributed by atoms with Crippen LogP contribution in [-0.4, -0.2) is 24.2 Å². The Labute approximate surface area is 120 Å². The Hall–Kier alpha value is -2.39. The monoisotopic (exact) mass is 288 g/mol. The van der Waals surface area contributed by atoms with E-state index in [4.69, 9.17) is 14.7 Å². The number of nitrogens with zero attached hydrogens (tertiary/aromatic N) is 2. The highest BCUT2D eigenvalue weighted by Crippen LogP contribution is 2.26. The van der Waals surface area contributed by atoms with Gasteiger partial charge in [-0.2, -0.15) is 5.26 Å². The van der Waals surface area contributed by atoms with Gasteiger partial charge < -0.3 is 9.47 Å². The van der Waals surface area contributed by atoms with Gasteiger partial charge in [0, 0.05) is 10.9 Å². The lowest BCUT2D eigenvalue weighted by Gasteiger charge is -2.03. The Balaban J connectivity index is 2.16.